The van der Waals surface area contributed by atoms with Crippen LogP contribution in [0.3, 0.4) is 0 Å². The van der Waals surface area contributed by atoms with Crippen molar-refractivity contribution in [2.24, 2.45) is 0 Å². The van der Waals surface area contributed by atoms with Gasteiger partial charge < -0.3 is 11.5 Å². The first-order valence-electron chi connectivity index (χ1n) is 3.76. The Morgan fingerprint density at radius 2 is 2.14 bits per heavy atom. The Kier molecular flexibility index (Phi) is 2.82. The molecule has 1 aromatic heterocycles. The van der Waals surface area contributed by atoms with Gasteiger partial charge in [-0.1, -0.05) is 0 Å². The van der Waals surface area contributed by atoms with Crippen LogP contribution in [-0.2, 0) is 6.42 Å². The van der Waals surface area contributed by atoms with Crippen molar-refractivity contribution in [2.45, 2.75) is 12.8 Å². The van der Waals surface area contributed by atoms with Crippen molar-refractivity contribution in [1.29, 1.82) is 5.26 Å². The summed E-state index contributed by atoms with van der Waals surface area (Å²) >= 11 is 0. The van der Waals surface area contributed by atoms with Gasteiger partial charge in [-0.05, 0) is 6.07 Å². The van der Waals surface area contributed by atoms with Crippen molar-refractivity contribution in [3.63, 3.8) is 0 Å². The number of halogens is 2. The Labute approximate surface area is 79.1 Å². The zero-order chi connectivity index (χ0) is 10.7. The highest BCUT2D eigenvalue weighted by atomic mass is 19.3. The molecule has 6 heteroatoms. The van der Waals surface area contributed by atoms with Crippen LogP contribution in [0.1, 0.15) is 17.7 Å². The molecule has 0 aliphatic heterocycles. The van der Waals surface area contributed by atoms with Gasteiger partial charge >= 0.3 is 0 Å². The Morgan fingerprint density at radius 1 is 1.50 bits per heavy atom. The fourth-order valence-corrected chi connectivity index (χ4v) is 1.02. The molecule has 4 N–H and O–H groups in total. The predicted octanol–water partition coefficient (Wildman–Crippen LogP) is 1.25. The average Bonchev–Trinajstić information content (AvgIpc) is 2.10. The number of aromatic nitrogens is 1. The molecule has 74 valence electrons. The lowest BCUT2D eigenvalue weighted by atomic mass is 10.1. The average molecular weight is 198 g/mol. The quantitative estimate of drug-likeness (QED) is 0.748. The number of anilines is 2. The Morgan fingerprint density at radius 3 is 2.57 bits per heavy atom. The third-order valence-corrected chi connectivity index (χ3v) is 1.69. The molecule has 0 aromatic carbocycles. The second kappa shape index (κ2) is 3.87. The minimum absolute atomic E-state index is 0.0335. The maximum Gasteiger partial charge on any atom is 0.280 e. The second-order valence-electron chi connectivity index (χ2n) is 2.64. The molecular weight excluding hydrogens is 190 g/mol. The van der Waals surface area contributed by atoms with Crippen LogP contribution < -0.4 is 11.5 Å². The van der Waals surface area contributed by atoms with Gasteiger partial charge in [0, 0.05) is 11.3 Å². The third kappa shape index (κ3) is 1.88. The fourth-order valence-electron chi connectivity index (χ4n) is 1.02. The van der Waals surface area contributed by atoms with E-state index in [0.717, 1.165) is 6.07 Å². The van der Waals surface area contributed by atoms with Crippen molar-refractivity contribution in [3.8, 4) is 6.07 Å². The van der Waals surface area contributed by atoms with Crippen molar-refractivity contribution in [3.05, 3.63) is 17.3 Å². The molecule has 0 saturated heterocycles. The SMILES string of the molecule is N#CCc1c(N)cc(C(F)F)nc1N. The number of pyridine rings is 1. The van der Waals surface area contributed by atoms with Gasteiger partial charge in [0.1, 0.15) is 11.5 Å². The van der Waals surface area contributed by atoms with E-state index in [1.807, 2.05) is 6.07 Å². The van der Waals surface area contributed by atoms with Crippen molar-refractivity contribution in [2.75, 3.05) is 11.5 Å². The molecule has 0 unspecified atom stereocenters. The van der Waals surface area contributed by atoms with Crippen LogP contribution in [0.4, 0.5) is 20.3 Å². The Balaban J connectivity index is 3.19. The monoisotopic (exact) mass is 198 g/mol. The Hall–Kier alpha value is -1.90. The molecule has 0 aliphatic rings. The first-order valence-corrected chi connectivity index (χ1v) is 3.76. The zero-order valence-corrected chi connectivity index (χ0v) is 7.17. The van der Waals surface area contributed by atoms with Crippen LogP contribution in [0.5, 0.6) is 0 Å². The molecule has 0 amide bonds. The Bertz CT molecular complexity index is 360. The molecule has 0 radical (unpaired) electrons. The fraction of sp³-hybridized carbons (Fsp3) is 0.250. The number of nitrogens with two attached hydrogens (primary N) is 2. The molecule has 4 nitrogen and oxygen atoms in total. The summed E-state index contributed by atoms with van der Waals surface area (Å²) in [6.45, 7) is 0. The highest BCUT2D eigenvalue weighted by molar-refractivity contribution is 5.59. The summed E-state index contributed by atoms with van der Waals surface area (Å²) in [5.41, 5.74) is 10.7. The van der Waals surface area contributed by atoms with Gasteiger partial charge in [-0.2, -0.15) is 5.26 Å². The smallest absolute Gasteiger partial charge is 0.280 e. The largest absolute Gasteiger partial charge is 0.398 e. The summed E-state index contributed by atoms with van der Waals surface area (Å²) < 4.78 is 24.4. The number of hydrogen-bond donors (Lipinski definition) is 2. The predicted molar refractivity (Wildman–Crippen MR) is 47.3 cm³/mol. The van der Waals surface area contributed by atoms with E-state index in [2.05, 4.69) is 4.98 Å². The molecule has 0 spiro atoms. The molecule has 1 heterocycles. The van der Waals surface area contributed by atoms with Gasteiger partial charge in [0.15, 0.2) is 0 Å². The van der Waals surface area contributed by atoms with E-state index in [9.17, 15) is 8.78 Å². The number of nitrogen functional groups attached to an aromatic ring is 2. The molecule has 0 fully saturated rings. The first kappa shape index (κ1) is 10.2. The van der Waals surface area contributed by atoms with Crippen LogP contribution in [0.15, 0.2) is 6.07 Å². The second-order valence-corrected chi connectivity index (χ2v) is 2.64. The molecule has 14 heavy (non-hydrogen) atoms. The van der Waals surface area contributed by atoms with E-state index in [0.29, 0.717) is 5.56 Å². The van der Waals surface area contributed by atoms with Gasteiger partial charge in [0.25, 0.3) is 6.43 Å². The normalized spacial score (nSPS) is 10.1. The first-order chi connectivity index (χ1) is 6.56. The topological polar surface area (TPSA) is 88.7 Å². The number of rotatable bonds is 2. The number of nitriles is 1. The van der Waals surface area contributed by atoms with E-state index >= 15 is 0 Å². The molecule has 0 bridgehead atoms. The van der Waals surface area contributed by atoms with Crippen LogP contribution in [0.2, 0.25) is 0 Å². The van der Waals surface area contributed by atoms with Crippen molar-refractivity contribution >= 4 is 11.5 Å². The summed E-state index contributed by atoms with van der Waals surface area (Å²) in [5.74, 6) is -0.109. The van der Waals surface area contributed by atoms with E-state index < -0.39 is 12.1 Å². The maximum absolute atomic E-state index is 12.2. The number of nitrogens with zero attached hydrogens (tertiary/aromatic N) is 2. The van der Waals surface area contributed by atoms with Gasteiger partial charge in [-0.15, -0.1) is 0 Å². The summed E-state index contributed by atoms with van der Waals surface area (Å²) in [7, 11) is 0. The molecule has 0 atom stereocenters. The lowest BCUT2D eigenvalue weighted by Crippen LogP contribution is -2.05. The minimum Gasteiger partial charge on any atom is -0.398 e. The van der Waals surface area contributed by atoms with Crippen molar-refractivity contribution in [1.82, 2.24) is 4.98 Å². The van der Waals surface area contributed by atoms with Gasteiger partial charge in [-0.25, -0.2) is 13.8 Å². The van der Waals surface area contributed by atoms with Gasteiger partial charge in [-0.3, -0.25) is 0 Å². The van der Waals surface area contributed by atoms with Crippen LogP contribution in [-0.4, -0.2) is 4.98 Å². The maximum atomic E-state index is 12.2. The third-order valence-electron chi connectivity index (χ3n) is 1.69. The minimum atomic E-state index is -2.71. The summed E-state index contributed by atoms with van der Waals surface area (Å²) in [6.07, 6.45) is -2.75. The molecule has 0 saturated carbocycles. The molecule has 0 aliphatic carbocycles. The molecule has 1 aromatic rings. The molecular formula is C8H8F2N4. The lowest BCUT2D eigenvalue weighted by Gasteiger charge is -2.07. The highest BCUT2D eigenvalue weighted by Gasteiger charge is 2.14. The zero-order valence-electron chi connectivity index (χ0n) is 7.17. The summed E-state index contributed by atoms with van der Waals surface area (Å²) in [6, 6.07) is 2.86. The summed E-state index contributed by atoms with van der Waals surface area (Å²) in [5, 5.41) is 8.41. The van der Waals surface area contributed by atoms with E-state index in [1.54, 1.807) is 0 Å². The number of hydrogen-bond acceptors (Lipinski definition) is 4. The van der Waals surface area contributed by atoms with Gasteiger partial charge in [0.2, 0.25) is 0 Å². The summed E-state index contributed by atoms with van der Waals surface area (Å²) in [4.78, 5) is 3.45. The van der Waals surface area contributed by atoms with Crippen LogP contribution in [0, 0.1) is 11.3 Å². The van der Waals surface area contributed by atoms with Crippen molar-refractivity contribution < 1.29 is 8.78 Å². The van der Waals surface area contributed by atoms with E-state index in [4.69, 9.17) is 16.7 Å². The van der Waals surface area contributed by atoms with E-state index in [1.165, 1.54) is 0 Å². The highest BCUT2D eigenvalue weighted by Crippen LogP contribution is 2.25. The standard InChI is InChI=1S/C8H8F2N4/c9-7(10)6-3-5(12)4(1-2-11)8(13)14-6/h3,7H,1H2,(H4,12,13,14). The van der Waals surface area contributed by atoms with Crippen LogP contribution in [0.25, 0.3) is 0 Å². The lowest BCUT2D eigenvalue weighted by molar-refractivity contribution is 0.146. The van der Waals surface area contributed by atoms with E-state index in [-0.39, 0.29) is 17.9 Å². The van der Waals surface area contributed by atoms with Gasteiger partial charge in [0.05, 0.1) is 12.5 Å². The van der Waals surface area contributed by atoms with Crippen LogP contribution >= 0.6 is 0 Å². The molecule has 1 rings (SSSR count). The number of alkyl halides is 2.